The average molecular weight is 281 g/mol. The molecule has 0 spiro atoms. The van der Waals surface area contributed by atoms with Crippen molar-refractivity contribution < 1.29 is 4.79 Å². The molecule has 3 rings (SSSR count). The van der Waals surface area contributed by atoms with Crippen molar-refractivity contribution in [3.05, 3.63) is 59.2 Å². The minimum Gasteiger partial charge on any atom is -0.398 e. The van der Waals surface area contributed by atoms with Gasteiger partial charge in [0, 0.05) is 24.5 Å². The van der Waals surface area contributed by atoms with Crippen molar-refractivity contribution in [3.8, 4) is 0 Å². The molecule has 1 amide bonds. The van der Waals surface area contributed by atoms with E-state index in [1.54, 1.807) is 0 Å². The van der Waals surface area contributed by atoms with Crippen LogP contribution in [0.15, 0.2) is 42.5 Å². The largest absolute Gasteiger partial charge is 0.398 e. The summed E-state index contributed by atoms with van der Waals surface area (Å²) < 4.78 is 0. The fourth-order valence-electron chi connectivity index (χ4n) is 2.70. The first-order chi connectivity index (χ1) is 10.1. The van der Waals surface area contributed by atoms with Crippen LogP contribution in [0.1, 0.15) is 16.7 Å². The van der Waals surface area contributed by atoms with Gasteiger partial charge in [-0.1, -0.05) is 30.3 Å². The number of fused-ring (bicyclic) bond motifs is 1. The molecule has 2 aromatic carbocycles. The molecule has 3 N–H and O–H groups in total. The van der Waals surface area contributed by atoms with Gasteiger partial charge in [-0.05, 0) is 35.7 Å². The van der Waals surface area contributed by atoms with Crippen molar-refractivity contribution in [2.24, 2.45) is 0 Å². The van der Waals surface area contributed by atoms with Gasteiger partial charge in [0.05, 0.1) is 6.54 Å². The van der Waals surface area contributed by atoms with Crippen LogP contribution >= 0.6 is 0 Å². The predicted molar refractivity (Wildman–Crippen MR) is 84.8 cm³/mol. The summed E-state index contributed by atoms with van der Waals surface area (Å²) in [6.07, 6.45) is 0. The van der Waals surface area contributed by atoms with Crippen LogP contribution < -0.4 is 11.1 Å². The van der Waals surface area contributed by atoms with Crippen molar-refractivity contribution in [2.45, 2.75) is 20.0 Å². The number of hydrogen-bond acceptors (Lipinski definition) is 3. The van der Waals surface area contributed by atoms with Gasteiger partial charge < -0.3 is 11.1 Å². The number of anilines is 2. The lowest BCUT2D eigenvalue weighted by Gasteiger charge is -2.15. The molecule has 0 saturated carbocycles. The molecular formula is C17H19N3O. The molecule has 0 atom stereocenters. The molecule has 1 heterocycles. The van der Waals surface area contributed by atoms with Crippen LogP contribution in [0.5, 0.6) is 0 Å². The molecular weight excluding hydrogens is 262 g/mol. The first-order valence-electron chi connectivity index (χ1n) is 7.07. The molecule has 0 radical (unpaired) electrons. The highest BCUT2D eigenvalue weighted by atomic mass is 16.2. The van der Waals surface area contributed by atoms with Gasteiger partial charge in [-0.15, -0.1) is 0 Å². The Hall–Kier alpha value is -2.33. The summed E-state index contributed by atoms with van der Waals surface area (Å²) >= 11 is 0. The number of hydrogen-bond donors (Lipinski definition) is 2. The number of nitrogens with one attached hydrogen (secondary N) is 1. The molecule has 1 aliphatic rings. The van der Waals surface area contributed by atoms with E-state index in [2.05, 4.69) is 22.3 Å². The summed E-state index contributed by atoms with van der Waals surface area (Å²) in [6.45, 7) is 3.97. The lowest BCUT2D eigenvalue weighted by atomic mass is 10.1. The van der Waals surface area contributed by atoms with Gasteiger partial charge in [-0.25, -0.2) is 0 Å². The number of benzene rings is 2. The monoisotopic (exact) mass is 281 g/mol. The zero-order valence-corrected chi connectivity index (χ0v) is 12.1. The van der Waals surface area contributed by atoms with E-state index in [1.807, 2.05) is 37.3 Å². The number of nitrogens with zero attached hydrogens (tertiary/aromatic N) is 1. The smallest absolute Gasteiger partial charge is 0.238 e. The molecule has 21 heavy (non-hydrogen) atoms. The summed E-state index contributed by atoms with van der Waals surface area (Å²) in [6, 6.07) is 13.9. The number of nitrogen functional groups attached to an aromatic ring is 1. The normalized spacial score (nSPS) is 14.0. The Labute approximate surface area is 124 Å². The lowest BCUT2D eigenvalue weighted by Crippen LogP contribution is -2.29. The van der Waals surface area contributed by atoms with Crippen LogP contribution in [0.25, 0.3) is 0 Å². The number of nitrogens with two attached hydrogens (primary N) is 1. The minimum absolute atomic E-state index is 0.00324. The minimum atomic E-state index is -0.00324. The summed E-state index contributed by atoms with van der Waals surface area (Å²) in [5, 5.41) is 2.94. The maximum Gasteiger partial charge on any atom is 0.238 e. The molecule has 0 fully saturated rings. The zero-order valence-electron chi connectivity index (χ0n) is 12.1. The van der Waals surface area contributed by atoms with Gasteiger partial charge in [0.1, 0.15) is 0 Å². The molecule has 0 bridgehead atoms. The zero-order chi connectivity index (χ0) is 14.8. The highest BCUT2D eigenvalue weighted by Gasteiger charge is 2.20. The maximum atomic E-state index is 12.2. The second kappa shape index (κ2) is 5.58. The molecule has 4 nitrogen and oxygen atoms in total. The van der Waals surface area contributed by atoms with Gasteiger partial charge in [0.15, 0.2) is 0 Å². The number of amides is 1. The van der Waals surface area contributed by atoms with Crippen LogP contribution in [0.4, 0.5) is 11.4 Å². The van der Waals surface area contributed by atoms with Crippen LogP contribution in [0, 0.1) is 6.92 Å². The Morgan fingerprint density at radius 1 is 1.14 bits per heavy atom. The topological polar surface area (TPSA) is 58.4 Å². The van der Waals surface area contributed by atoms with Gasteiger partial charge in [0.2, 0.25) is 5.91 Å². The fourth-order valence-corrected chi connectivity index (χ4v) is 2.70. The average Bonchev–Trinajstić information content (AvgIpc) is 2.86. The second-order valence-corrected chi connectivity index (χ2v) is 5.48. The molecule has 0 unspecified atom stereocenters. The second-order valence-electron chi connectivity index (χ2n) is 5.48. The van der Waals surface area contributed by atoms with Crippen molar-refractivity contribution >= 4 is 17.3 Å². The van der Waals surface area contributed by atoms with E-state index in [-0.39, 0.29) is 5.91 Å². The Bertz CT molecular complexity index is 656. The molecule has 0 saturated heterocycles. The lowest BCUT2D eigenvalue weighted by molar-refractivity contribution is -0.117. The van der Waals surface area contributed by atoms with E-state index >= 15 is 0 Å². The van der Waals surface area contributed by atoms with Crippen molar-refractivity contribution in [1.82, 2.24) is 4.90 Å². The van der Waals surface area contributed by atoms with Gasteiger partial charge >= 0.3 is 0 Å². The van der Waals surface area contributed by atoms with Gasteiger partial charge in [-0.2, -0.15) is 0 Å². The summed E-state index contributed by atoms with van der Waals surface area (Å²) in [7, 11) is 0. The number of carbonyl (C=O) groups is 1. The first kappa shape index (κ1) is 13.6. The molecule has 2 aromatic rings. The maximum absolute atomic E-state index is 12.2. The third-order valence-electron chi connectivity index (χ3n) is 3.92. The number of rotatable bonds is 3. The van der Waals surface area contributed by atoms with E-state index in [0.717, 1.165) is 24.3 Å². The van der Waals surface area contributed by atoms with Gasteiger partial charge in [-0.3, -0.25) is 9.69 Å². The Kier molecular flexibility index (Phi) is 3.62. The Morgan fingerprint density at radius 2 is 1.81 bits per heavy atom. The number of carbonyl (C=O) groups excluding carboxylic acids is 1. The quantitative estimate of drug-likeness (QED) is 0.850. The highest BCUT2D eigenvalue weighted by molar-refractivity contribution is 5.93. The Balaban J connectivity index is 1.62. The van der Waals surface area contributed by atoms with Crippen LogP contribution in [-0.4, -0.2) is 17.4 Å². The molecule has 4 heteroatoms. The van der Waals surface area contributed by atoms with Gasteiger partial charge in [0.25, 0.3) is 0 Å². The molecule has 0 aliphatic carbocycles. The van der Waals surface area contributed by atoms with Crippen molar-refractivity contribution in [1.29, 1.82) is 0 Å². The summed E-state index contributed by atoms with van der Waals surface area (Å²) in [5.74, 6) is -0.00324. The van der Waals surface area contributed by atoms with E-state index in [0.29, 0.717) is 12.2 Å². The van der Waals surface area contributed by atoms with E-state index in [1.165, 1.54) is 11.1 Å². The molecule has 1 aliphatic heterocycles. The standard InChI is InChI=1S/C17H19N3O/c1-12-15(18)7-4-8-16(12)19-17(21)11-20-9-13-5-2-3-6-14(13)10-20/h2-8H,9-11,18H2,1H3,(H,19,21). The highest BCUT2D eigenvalue weighted by Crippen LogP contribution is 2.23. The predicted octanol–water partition coefficient (Wildman–Crippen LogP) is 2.53. The summed E-state index contributed by atoms with van der Waals surface area (Å²) in [5.41, 5.74) is 10.9. The fraction of sp³-hybridized carbons (Fsp3) is 0.235. The third kappa shape index (κ3) is 2.90. The van der Waals surface area contributed by atoms with Crippen molar-refractivity contribution in [2.75, 3.05) is 17.6 Å². The molecule has 108 valence electrons. The van der Waals surface area contributed by atoms with Crippen LogP contribution in [0.2, 0.25) is 0 Å². The van der Waals surface area contributed by atoms with Crippen LogP contribution in [-0.2, 0) is 17.9 Å². The van der Waals surface area contributed by atoms with E-state index in [4.69, 9.17) is 5.73 Å². The first-order valence-corrected chi connectivity index (χ1v) is 7.07. The van der Waals surface area contributed by atoms with Crippen molar-refractivity contribution in [3.63, 3.8) is 0 Å². The summed E-state index contributed by atoms with van der Waals surface area (Å²) in [4.78, 5) is 14.3. The van der Waals surface area contributed by atoms with E-state index < -0.39 is 0 Å². The molecule has 0 aromatic heterocycles. The van der Waals surface area contributed by atoms with Crippen LogP contribution in [0.3, 0.4) is 0 Å². The Morgan fingerprint density at radius 3 is 2.48 bits per heavy atom. The third-order valence-corrected chi connectivity index (χ3v) is 3.92. The SMILES string of the molecule is Cc1c(N)cccc1NC(=O)CN1Cc2ccccc2C1. The van der Waals surface area contributed by atoms with E-state index in [9.17, 15) is 4.79 Å².